The molecule has 0 spiro atoms. The van der Waals surface area contributed by atoms with E-state index in [0.29, 0.717) is 0 Å². The molecule has 1 aromatic heterocycles. The van der Waals surface area contributed by atoms with Crippen molar-refractivity contribution in [2.45, 2.75) is 6.04 Å². The molecule has 2 rings (SSSR count). The highest BCUT2D eigenvalue weighted by molar-refractivity contribution is 5.36. The maximum atomic E-state index is 5.30. The molecular weight excluding hydrogens is 250 g/mol. The summed E-state index contributed by atoms with van der Waals surface area (Å²) in [6.07, 6.45) is 1.79. The van der Waals surface area contributed by atoms with Crippen LogP contribution in [0.4, 0.5) is 5.82 Å². The van der Waals surface area contributed by atoms with Crippen molar-refractivity contribution in [1.82, 2.24) is 9.88 Å². The quantitative estimate of drug-likeness (QED) is 0.876. The van der Waals surface area contributed by atoms with Crippen LogP contribution >= 0.6 is 0 Å². The highest BCUT2D eigenvalue weighted by atomic mass is 16.5. The molecule has 4 nitrogen and oxygen atoms in total. The van der Waals surface area contributed by atoms with Crippen LogP contribution in [0.3, 0.4) is 0 Å². The first-order valence-corrected chi connectivity index (χ1v) is 6.66. The van der Waals surface area contributed by atoms with E-state index in [1.807, 2.05) is 30.3 Å². The number of methoxy groups -OCH3 is 1. The largest absolute Gasteiger partial charge is 0.497 e. The second-order valence-electron chi connectivity index (χ2n) is 4.85. The average Bonchev–Trinajstić information content (AvgIpc) is 2.48. The Hall–Kier alpha value is -2.07. The van der Waals surface area contributed by atoms with Crippen molar-refractivity contribution in [3.05, 3.63) is 54.2 Å². The Bertz CT molecular complexity index is 528. The Morgan fingerprint density at radius 2 is 2.05 bits per heavy atom. The van der Waals surface area contributed by atoms with Crippen LogP contribution < -0.4 is 10.1 Å². The number of nitrogens with one attached hydrogen (secondary N) is 1. The number of nitrogens with zero attached hydrogens (tertiary/aromatic N) is 2. The maximum Gasteiger partial charge on any atom is 0.125 e. The fourth-order valence-corrected chi connectivity index (χ4v) is 2.12. The van der Waals surface area contributed by atoms with Crippen LogP contribution in [0, 0.1) is 0 Å². The molecule has 2 aromatic rings. The van der Waals surface area contributed by atoms with Gasteiger partial charge in [-0.3, -0.25) is 0 Å². The second kappa shape index (κ2) is 6.91. The molecule has 106 valence electrons. The summed E-state index contributed by atoms with van der Waals surface area (Å²) >= 11 is 0. The number of hydrogen-bond acceptors (Lipinski definition) is 4. The van der Waals surface area contributed by atoms with E-state index in [9.17, 15) is 0 Å². The number of hydrogen-bond donors (Lipinski definition) is 1. The Labute approximate surface area is 120 Å². The standard InChI is InChI=1S/C16H21N3O/c1-19(2)15(12-18-16-9-4-5-10-17-16)13-7-6-8-14(11-13)20-3/h4-11,15H,12H2,1-3H3,(H,17,18). The second-order valence-corrected chi connectivity index (χ2v) is 4.85. The summed E-state index contributed by atoms with van der Waals surface area (Å²) in [5.41, 5.74) is 1.22. The minimum absolute atomic E-state index is 0.257. The van der Waals surface area contributed by atoms with E-state index in [-0.39, 0.29) is 6.04 Å². The fourth-order valence-electron chi connectivity index (χ4n) is 2.12. The Balaban J connectivity index is 2.10. The lowest BCUT2D eigenvalue weighted by Crippen LogP contribution is -2.27. The lowest BCUT2D eigenvalue weighted by Gasteiger charge is -2.25. The minimum Gasteiger partial charge on any atom is -0.497 e. The van der Waals surface area contributed by atoms with Gasteiger partial charge in [0.15, 0.2) is 0 Å². The molecule has 0 aliphatic carbocycles. The van der Waals surface area contributed by atoms with Gasteiger partial charge in [0, 0.05) is 12.7 Å². The molecule has 0 saturated carbocycles. The van der Waals surface area contributed by atoms with Crippen molar-refractivity contribution in [3.63, 3.8) is 0 Å². The zero-order chi connectivity index (χ0) is 14.4. The summed E-state index contributed by atoms with van der Waals surface area (Å²) in [6.45, 7) is 0.789. The molecule has 1 N–H and O–H groups in total. The lowest BCUT2D eigenvalue weighted by atomic mass is 10.1. The molecule has 1 aromatic carbocycles. The number of likely N-dealkylation sites (N-methyl/N-ethyl adjacent to an activating group) is 1. The van der Waals surface area contributed by atoms with Gasteiger partial charge >= 0.3 is 0 Å². The number of pyridine rings is 1. The predicted octanol–water partition coefficient (Wildman–Crippen LogP) is 2.81. The van der Waals surface area contributed by atoms with E-state index in [2.05, 4.69) is 41.4 Å². The molecule has 4 heteroatoms. The van der Waals surface area contributed by atoms with Gasteiger partial charge in [-0.1, -0.05) is 18.2 Å². The van der Waals surface area contributed by atoms with Crippen molar-refractivity contribution in [3.8, 4) is 5.75 Å². The number of anilines is 1. The van der Waals surface area contributed by atoms with Crippen LogP contribution in [-0.4, -0.2) is 37.6 Å². The van der Waals surface area contributed by atoms with E-state index < -0.39 is 0 Å². The van der Waals surface area contributed by atoms with Gasteiger partial charge in [0.2, 0.25) is 0 Å². The molecule has 0 radical (unpaired) electrons. The van der Waals surface area contributed by atoms with Crippen molar-refractivity contribution >= 4 is 5.82 Å². The summed E-state index contributed by atoms with van der Waals surface area (Å²) in [7, 11) is 5.84. The highest BCUT2D eigenvalue weighted by Gasteiger charge is 2.14. The van der Waals surface area contributed by atoms with Gasteiger partial charge in [-0.15, -0.1) is 0 Å². The Morgan fingerprint density at radius 3 is 2.70 bits per heavy atom. The molecule has 0 bridgehead atoms. The first-order valence-electron chi connectivity index (χ1n) is 6.66. The molecule has 1 atom stereocenters. The SMILES string of the molecule is COc1cccc(C(CNc2ccccn2)N(C)C)c1. The van der Waals surface area contributed by atoms with Gasteiger partial charge in [0.1, 0.15) is 11.6 Å². The molecular formula is C16H21N3O. The summed E-state index contributed by atoms with van der Waals surface area (Å²) in [4.78, 5) is 6.47. The van der Waals surface area contributed by atoms with E-state index in [1.165, 1.54) is 5.56 Å². The zero-order valence-electron chi connectivity index (χ0n) is 12.2. The van der Waals surface area contributed by atoms with Gasteiger partial charge in [-0.2, -0.15) is 0 Å². The Kier molecular flexibility index (Phi) is 4.96. The van der Waals surface area contributed by atoms with Crippen molar-refractivity contribution in [2.24, 2.45) is 0 Å². The van der Waals surface area contributed by atoms with Crippen LogP contribution in [0.15, 0.2) is 48.7 Å². The fraction of sp³-hybridized carbons (Fsp3) is 0.312. The van der Waals surface area contributed by atoms with Gasteiger partial charge in [-0.05, 0) is 43.9 Å². The van der Waals surface area contributed by atoms with Crippen molar-refractivity contribution in [2.75, 3.05) is 33.1 Å². The highest BCUT2D eigenvalue weighted by Crippen LogP contribution is 2.22. The molecule has 0 saturated heterocycles. The van der Waals surface area contributed by atoms with Crippen LogP contribution in [0.2, 0.25) is 0 Å². The van der Waals surface area contributed by atoms with E-state index in [1.54, 1.807) is 13.3 Å². The summed E-state index contributed by atoms with van der Waals surface area (Å²) in [5, 5.41) is 3.37. The molecule has 0 aliphatic rings. The molecule has 0 amide bonds. The third-order valence-corrected chi connectivity index (χ3v) is 3.24. The lowest BCUT2D eigenvalue weighted by molar-refractivity contribution is 0.310. The number of benzene rings is 1. The summed E-state index contributed by atoms with van der Waals surface area (Å²) < 4.78 is 5.30. The monoisotopic (exact) mass is 271 g/mol. The number of aromatic nitrogens is 1. The molecule has 1 heterocycles. The van der Waals surface area contributed by atoms with Crippen LogP contribution in [-0.2, 0) is 0 Å². The van der Waals surface area contributed by atoms with Crippen molar-refractivity contribution < 1.29 is 4.74 Å². The van der Waals surface area contributed by atoms with Crippen LogP contribution in [0.1, 0.15) is 11.6 Å². The van der Waals surface area contributed by atoms with Gasteiger partial charge < -0.3 is 15.0 Å². The molecule has 1 unspecified atom stereocenters. The number of ether oxygens (including phenoxy) is 1. The van der Waals surface area contributed by atoms with Crippen LogP contribution in [0.25, 0.3) is 0 Å². The van der Waals surface area contributed by atoms with E-state index in [4.69, 9.17) is 4.74 Å². The van der Waals surface area contributed by atoms with Crippen LogP contribution in [0.5, 0.6) is 5.75 Å². The predicted molar refractivity (Wildman–Crippen MR) is 82.1 cm³/mol. The van der Waals surface area contributed by atoms with Gasteiger partial charge in [0.25, 0.3) is 0 Å². The topological polar surface area (TPSA) is 37.4 Å². The average molecular weight is 271 g/mol. The van der Waals surface area contributed by atoms with E-state index in [0.717, 1.165) is 18.1 Å². The van der Waals surface area contributed by atoms with Gasteiger partial charge in [-0.25, -0.2) is 4.98 Å². The first kappa shape index (κ1) is 14.3. The van der Waals surface area contributed by atoms with E-state index >= 15 is 0 Å². The molecule has 0 fully saturated rings. The normalized spacial score (nSPS) is 12.2. The van der Waals surface area contributed by atoms with Gasteiger partial charge in [0.05, 0.1) is 13.2 Å². The molecule has 20 heavy (non-hydrogen) atoms. The van der Waals surface area contributed by atoms with Crippen molar-refractivity contribution in [1.29, 1.82) is 0 Å². The molecule has 0 aliphatic heterocycles. The first-order chi connectivity index (χ1) is 9.70. The summed E-state index contributed by atoms with van der Waals surface area (Å²) in [5.74, 6) is 1.77. The summed E-state index contributed by atoms with van der Waals surface area (Å²) in [6, 6.07) is 14.3. The zero-order valence-corrected chi connectivity index (χ0v) is 12.2. The third kappa shape index (κ3) is 3.71. The smallest absolute Gasteiger partial charge is 0.125 e. The Morgan fingerprint density at radius 1 is 1.20 bits per heavy atom. The number of rotatable bonds is 6. The maximum absolute atomic E-state index is 5.30. The minimum atomic E-state index is 0.257. The third-order valence-electron chi connectivity index (χ3n) is 3.24.